The van der Waals surface area contributed by atoms with Crippen LogP contribution in [0.4, 0.5) is 4.79 Å². The van der Waals surface area contributed by atoms with Gasteiger partial charge in [0.2, 0.25) is 5.91 Å². The third-order valence-corrected chi connectivity index (χ3v) is 6.33. The van der Waals surface area contributed by atoms with Gasteiger partial charge in [-0.15, -0.1) is 0 Å². The summed E-state index contributed by atoms with van der Waals surface area (Å²) in [6, 6.07) is 17.6. The molecule has 40 heavy (non-hydrogen) atoms. The number of rotatable bonds is 13. The van der Waals surface area contributed by atoms with Gasteiger partial charge in [0, 0.05) is 13.1 Å². The fourth-order valence-electron chi connectivity index (χ4n) is 4.08. The molecule has 0 heterocycles. The van der Waals surface area contributed by atoms with Crippen molar-refractivity contribution in [3.05, 3.63) is 71.8 Å². The molecule has 2 amide bonds. The number of carbonyl (C=O) groups is 2. The highest BCUT2D eigenvalue weighted by molar-refractivity contribution is 5.81. The first-order valence-electron chi connectivity index (χ1n) is 13.8. The second-order valence-corrected chi connectivity index (χ2v) is 12.3. The molecule has 9 heteroatoms. The lowest BCUT2D eigenvalue weighted by Crippen LogP contribution is -2.54. The smallest absolute Gasteiger partial charge is 0.407 e. The number of alkyl carbamates (subject to hydrolysis) is 1. The number of hydrogen-bond donors (Lipinski definition) is 6. The molecule has 2 aromatic rings. The topological polar surface area (TPSA) is 140 Å². The molecule has 5 atom stereocenters. The molecule has 0 bridgehead atoms. The van der Waals surface area contributed by atoms with Gasteiger partial charge in [0.15, 0.2) is 0 Å². The van der Waals surface area contributed by atoms with Gasteiger partial charge in [-0.05, 0) is 50.2 Å². The molecule has 2 aromatic carbocycles. The molecule has 0 aliphatic heterocycles. The number of carbonyl (C=O) groups excluding carboxylic acids is 2. The van der Waals surface area contributed by atoms with E-state index < -0.39 is 53.4 Å². The SMILES string of the molecule is CC(C)(C)OC(=O)N[C@@H](Cc1ccccc1)[C@H](O)CNCC(O)[C@H](Cc1ccccc1)NC(=O)[C@H](O)C(C)(C)C. The zero-order valence-electron chi connectivity index (χ0n) is 24.6. The number of nitrogens with one attached hydrogen (secondary N) is 3. The Bertz CT molecular complexity index is 1040. The lowest BCUT2D eigenvalue weighted by atomic mass is 9.88. The van der Waals surface area contributed by atoms with Crippen molar-refractivity contribution in [2.45, 2.75) is 90.4 Å². The monoisotopic (exact) mass is 557 g/mol. The van der Waals surface area contributed by atoms with Gasteiger partial charge in [0.05, 0.1) is 24.3 Å². The van der Waals surface area contributed by atoms with E-state index in [9.17, 15) is 24.9 Å². The summed E-state index contributed by atoms with van der Waals surface area (Å²) < 4.78 is 5.38. The van der Waals surface area contributed by atoms with E-state index in [0.717, 1.165) is 11.1 Å². The average molecular weight is 558 g/mol. The Balaban J connectivity index is 2.06. The first kappa shape index (κ1) is 33.2. The molecule has 1 unspecified atom stereocenters. The summed E-state index contributed by atoms with van der Waals surface area (Å²) in [5.74, 6) is -0.558. The normalized spacial score (nSPS) is 15.8. The fourth-order valence-corrected chi connectivity index (χ4v) is 4.08. The predicted molar refractivity (Wildman–Crippen MR) is 156 cm³/mol. The van der Waals surface area contributed by atoms with E-state index in [0.29, 0.717) is 12.8 Å². The summed E-state index contributed by atoms with van der Waals surface area (Å²) in [5.41, 5.74) is 0.504. The van der Waals surface area contributed by atoms with Crippen LogP contribution in [-0.4, -0.2) is 76.4 Å². The van der Waals surface area contributed by atoms with Gasteiger partial charge >= 0.3 is 6.09 Å². The van der Waals surface area contributed by atoms with Crippen LogP contribution in [0.2, 0.25) is 0 Å². The highest BCUT2D eigenvalue weighted by Crippen LogP contribution is 2.19. The second-order valence-electron chi connectivity index (χ2n) is 12.3. The van der Waals surface area contributed by atoms with Gasteiger partial charge in [-0.25, -0.2) is 4.79 Å². The van der Waals surface area contributed by atoms with Crippen molar-refractivity contribution < 1.29 is 29.6 Å². The van der Waals surface area contributed by atoms with Crippen LogP contribution in [0.15, 0.2) is 60.7 Å². The van der Waals surface area contributed by atoms with Gasteiger partial charge in [0.25, 0.3) is 0 Å². The van der Waals surface area contributed by atoms with E-state index in [2.05, 4.69) is 16.0 Å². The minimum atomic E-state index is -1.24. The Morgan fingerprint density at radius 2 is 1.15 bits per heavy atom. The van der Waals surface area contributed by atoms with Crippen LogP contribution in [0.1, 0.15) is 52.7 Å². The third-order valence-electron chi connectivity index (χ3n) is 6.33. The van der Waals surface area contributed by atoms with E-state index in [4.69, 9.17) is 4.74 Å². The summed E-state index contributed by atoms with van der Waals surface area (Å²) in [5, 5.41) is 41.1. The molecule has 2 rings (SSSR count). The molecule has 0 radical (unpaired) electrons. The number of ether oxygens (including phenoxy) is 1. The Kier molecular flexibility index (Phi) is 12.6. The Morgan fingerprint density at radius 3 is 1.55 bits per heavy atom. The van der Waals surface area contributed by atoms with Crippen LogP contribution in [0.3, 0.4) is 0 Å². The molecule has 0 aromatic heterocycles. The first-order valence-corrected chi connectivity index (χ1v) is 13.8. The standard InChI is InChI=1S/C31H47N3O6/c1-30(2,3)27(37)28(38)33-23(17-21-13-9-7-10-14-21)25(35)19-32-20-26(36)24(18-22-15-11-8-12-16-22)34-29(39)40-31(4,5)6/h7-16,23-27,32,35-37H,17-20H2,1-6H3,(H,33,38)(H,34,39)/t23-,24-,25?,26+,27-/m0/s1. The van der Waals surface area contributed by atoms with E-state index in [1.807, 2.05) is 60.7 Å². The molecule has 0 aliphatic rings. The van der Waals surface area contributed by atoms with Crippen molar-refractivity contribution in [2.24, 2.45) is 5.41 Å². The van der Waals surface area contributed by atoms with Crippen molar-refractivity contribution in [3.63, 3.8) is 0 Å². The molecule has 9 nitrogen and oxygen atoms in total. The van der Waals surface area contributed by atoms with Crippen LogP contribution in [-0.2, 0) is 22.4 Å². The maximum absolute atomic E-state index is 12.8. The van der Waals surface area contributed by atoms with Crippen LogP contribution in [0.5, 0.6) is 0 Å². The Morgan fingerprint density at radius 1 is 0.725 bits per heavy atom. The molecule has 0 saturated heterocycles. The highest BCUT2D eigenvalue weighted by Gasteiger charge is 2.32. The predicted octanol–water partition coefficient (Wildman–Crippen LogP) is 2.57. The lowest BCUT2D eigenvalue weighted by Gasteiger charge is -2.30. The van der Waals surface area contributed by atoms with Gasteiger partial charge in [-0.1, -0.05) is 81.4 Å². The van der Waals surface area contributed by atoms with Crippen LogP contribution < -0.4 is 16.0 Å². The molecule has 0 spiro atoms. The fraction of sp³-hybridized carbons (Fsp3) is 0.548. The lowest BCUT2D eigenvalue weighted by molar-refractivity contribution is -0.136. The number of hydrogen-bond acceptors (Lipinski definition) is 7. The Labute approximate surface area is 238 Å². The minimum absolute atomic E-state index is 0.0605. The van der Waals surface area contributed by atoms with Crippen LogP contribution in [0, 0.1) is 5.41 Å². The number of aliphatic hydroxyl groups is 3. The van der Waals surface area contributed by atoms with Crippen molar-refractivity contribution in [2.75, 3.05) is 13.1 Å². The highest BCUT2D eigenvalue weighted by atomic mass is 16.6. The van der Waals surface area contributed by atoms with Gasteiger partial charge in [-0.2, -0.15) is 0 Å². The van der Waals surface area contributed by atoms with Crippen molar-refractivity contribution in [1.82, 2.24) is 16.0 Å². The largest absolute Gasteiger partial charge is 0.444 e. The number of amides is 2. The third kappa shape index (κ3) is 12.0. The summed E-state index contributed by atoms with van der Waals surface area (Å²) >= 11 is 0. The molecule has 0 fully saturated rings. The van der Waals surface area contributed by atoms with E-state index in [1.54, 1.807) is 41.5 Å². The number of aliphatic hydroxyl groups excluding tert-OH is 3. The van der Waals surface area contributed by atoms with E-state index >= 15 is 0 Å². The summed E-state index contributed by atoms with van der Waals surface area (Å²) in [7, 11) is 0. The van der Waals surface area contributed by atoms with E-state index in [-0.39, 0.29) is 13.1 Å². The van der Waals surface area contributed by atoms with Crippen molar-refractivity contribution >= 4 is 12.0 Å². The van der Waals surface area contributed by atoms with Crippen LogP contribution in [0.25, 0.3) is 0 Å². The summed E-state index contributed by atoms with van der Waals surface area (Å²) in [4.78, 5) is 25.2. The molecular formula is C31H47N3O6. The maximum Gasteiger partial charge on any atom is 0.407 e. The molecule has 0 saturated carbocycles. The number of benzene rings is 2. The van der Waals surface area contributed by atoms with Gasteiger partial charge in [0.1, 0.15) is 11.7 Å². The van der Waals surface area contributed by atoms with Crippen molar-refractivity contribution in [1.29, 1.82) is 0 Å². The quantitative estimate of drug-likeness (QED) is 0.222. The van der Waals surface area contributed by atoms with Gasteiger partial charge < -0.3 is 36.0 Å². The Hall–Kier alpha value is -2.98. The first-order chi connectivity index (χ1) is 18.7. The zero-order chi connectivity index (χ0) is 29.9. The van der Waals surface area contributed by atoms with E-state index in [1.165, 1.54) is 0 Å². The molecule has 0 aliphatic carbocycles. The average Bonchev–Trinajstić information content (AvgIpc) is 2.86. The summed E-state index contributed by atoms with van der Waals surface area (Å²) in [6.45, 7) is 10.7. The molecule has 222 valence electrons. The van der Waals surface area contributed by atoms with Crippen LogP contribution >= 0.6 is 0 Å². The van der Waals surface area contributed by atoms with Gasteiger partial charge in [-0.3, -0.25) is 4.79 Å². The summed E-state index contributed by atoms with van der Waals surface area (Å²) in [6.07, 6.45) is -3.16. The zero-order valence-corrected chi connectivity index (χ0v) is 24.6. The molecule has 6 N–H and O–H groups in total. The van der Waals surface area contributed by atoms with Crippen molar-refractivity contribution in [3.8, 4) is 0 Å². The second kappa shape index (κ2) is 15.1. The minimum Gasteiger partial charge on any atom is -0.444 e. The maximum atomic E-state index is 12.8. The molecular weight excluding hydrogens is 510 g/mol.